The van der Waals surface area contributed by atoms with Crippen molar-refractivity contribution in [2.45, 2.75) is 348 Å². The molecule has 0 rings (SSSR count). The second kappa shape index (κ2) is 70.6. The van der Waals surface area contributed by atoms with Crippen LogP contribution in [0.25, 0.3) is 0 Å². The second-order valence-corrected chi connectivity index (χ2v) is 23.4. The smallest absolute Gasteiger partial charge is 0.306 e. The van der Waals surface area contributed by atoms with Crippen LogP contribution in [0.1, 0.15) is 342 Å². The molecule has 0 aliphatic carbocycles. The van der Waals surface area contributed by atoms with Gasteiger partial charge >= 0.3 is 17.9 Å². The summed E-state index contributed by atoms with van der Waals surface area (Å²) in [5.74, 6) is -0.892. The molecule has 0 saturated carbocycles. The van der Waals surface area contributed by atoms with Gasteiger partial charge in [0.1, 0.15) is 13.2 Å². The van der Waals surface area contributed by atoms with Crippen LogP contribution in [0.4, 0.5) is 0 Å². The number of carbonyl (C=O) groups excluding carboxylic acids is 3. The van der Waals surface area contributed by atoms with E-state index in [0.29, 0.717) is 19.3 Å². The molecule has 0 fully saturated rings. The molecule has 6 nitrogen and oxygen atoms in total. The molecule has 0 spiro atoms. The van der Waals surface area contributed by atoms with Crippen molar-refractivity contribution < 1.29 is 28.6 Å². The average molecular weight is 1150 g/mol. The minimum atomic E-state index is -0.790. The lowest BCUT2D eigenvalue weighted by Crippen LogP contribution is -2.30. The molecule has 1 atom stereocenters. The maximum absolute atomic E-state index is 13.0. The molecule has 0 aromatic rings. The van der Waals surface area contributed by atoms with Gasteiger partial charge in [0.25, 0.3) is 0 Å². The predicted molar refractivity (Wildman–Crippen MR) is 362 cm³/mol. The van der Waals surface area contributed by atoms with Crippen molar-refractivity contribution in [3.63, 3.8) is 0 Å². The van der Waals surface area contributed by atoms with Crippen LogP contribution in [0, 0.1) is 0 Å². The Morgan fingerprint density at radius 3 is 0.747 bits per heavy atom. The predicted octanol–water partition coefficient (Wildman–Crippen LogP) is 24.6. The van der Waals surface area contributed by atoms with E-state index in [1.54, 1.807) is 0 Å². The molecule has 0 aromatic carbocycles. The summed E-state index contributed by atoms with van der Waals surface area (Å²) in [5.41, 5.74) is 0. The Balaban J connectivity index is 4.33. The summed E-state index contributed by atoms with van der Waals surface area (Å²) in [4.78, 5) is 38.5. The standard InChI is InChI=1S/C77H132O6/c1-4-7-10-13-16-19-22-25-28-30-32-34-36-37-38-39-41-42-44-46-49-52-55-58-61-64-67-70-76(79)82-73-74(72-81-75(78)69-66-63-60-57-54-51-48-27-24-21-18-15-12-9-6-3)83-77(80)71-68-65-62-59-56-53-50-47-45-43-40-35-33-31-29-26-23-20-17-14-11-8-5-2/h7,9-10,12,16,18-19,21,25,27-28,31-34,37-38,48,74H,4-6,8,11,13-15,17,20,22-24,26,29-30,35-36,39-47,49-73H2,1-3H3/b10-7-,12-9-,19-16-,21-18-,28-25-,33-31-,34-32-,38-37-,48-27-. The summed E-state index contributed by atoms with van der Waals surface area (Å²) < 4.78 is 17.0. The fourth-order valence-electron chi connectivity index (χ4n) is 10.0. The summed E-state index contributed by atoms with van der Waals surface area (Å²) in [6, 6.07) is 0. The summed E-state index contributed by atoms with van der Waals surface area (Å²) in [6.45, 7) is 6.44. The van der Waals surface area contributed by atoms with Gasteiger partial charge in [0.15, 0.2) is 6.10 Å². The molecule has 0 aliphatic heterocycles. The summed E-state index contributed by atoms with van der Waals surface area (Å²) in [5, 5.41) is 0. The summed E-state index contributed by atoms with van der Waals surface area (Å²) >= 11 is 0. The fourth-order valence-corrected chi connectivity index (χ4v) is 10.0. The molecule has 0 bridgehead atoms. The molecular weight excluding hydrogens is 1020 g/mol. The lowest BCUT2D eigenvalue weighted by atomic mass is 10.0. The van der Waals surface area contributed by atoms with Crippen LogP contribution in [0.3, 0.4) is 0 Å². The van der Waals surface area contributed by atoms with Crippen molar-refractivity contribution in [2.75, 3.05) is 13.2 Å². The van der Waals surface area contributed by atoms with Crippen molar-refractivity contribution in [3.8, 4) is 0 Å². The molecule has 0 aliphatic rings. The largest absolute Gasteiger partial charge is 0.462 e. The maximum Gasteiger partial charge on any atom is 0.306 e. The first-order chi connectivity index (χ1) is 41.0. The van der Waals surface area contributed by atoms with Gasteiger partial charge in [-0.25, -0.2) is 0 Å². The number of unbranched alkanes of at least 4 members (excludes halogenated alkanes) is 35. The lowest BCUT2D eigenvalue weighted by molar-refractivity contribution is -0.167. The van der Waals surface area contributed by atoms with E-state index in [4.69, 9.17) is 14.2 Å². The van der Waals surface area contributed by atoms with Gasteiger partial charge in [-0.15, -0.1) is 0 Å². The Bertz CT molecular complexity index is 1660. The van der Waals surface area contributed by atoms with Gasteiger partial charge in [0.2, 0.25) is 0 Å². The molecule has 476 valence electrons. The number of rotatable bonds is 64. The van der Waals surface area contributed by atoms with Crippen LogP contribution < -0.4 is 0 Å². The van der Waals surface area contributed by atoms with Gasteiger partial charge in [0.05, 0.1) is 0 Å². The van der Waals surface area contributed by atoms with Crippen LogP contribution in [0.5, 0.6) is 0 Å². The molecule has 0 aromatic heterocycles. The Morgan fingerprint density at radius 2 is 0.470 bits per heavy atom. The SMILES string of the molecule is CC/C=C\C/C=C\C/C=C\C/C=C\C/C=C\CCCCCCCCCCCCCC(=O)OCC(COC(=O)CCCCCCC/C=C\C/C=C\C/C=C\CC)OC(=O)CCCCCCCCCCCCC/C=C\CCCCCCCCCC. The third-order valence-corrected chi connectivity index (χ3v) is 15.2. The maximum atomic E-state index is 13.0. The first kappa shape index (κ1) is 79.1. The van der Waals surface area contributed by atoms with Crippen molar-refractivity contribution >= 4 is 17.9 Å². The van der Waals surface area contributed by atoms with Crippen LogP contribution in [-0.2, 0) is 28.6 Å². The number of ether oxygens (including phenoxy) is 3. The van der Waals surface area contributed by atoms with Crippen LogP contribution >= 0.6 is 0 Å². The molecule has 0 amide bonds. The van der Waals surface area contributed by atoms with Crippen molar-refractivity contribution in [3.05, 3.63) is 109 Å². The quantitative estimate of drug-likeness (QED) is 0.0261. The minimum absolute atomic E-state index is 0.0846. The van der Waals surface area contributed by atoms with Crippen LogP contribution in [-0.4, -0.2) is 37.2 Å². The Labute approximate surface area is 514 Å². The van der Waals surface area contributed by atoms with Gasteiger partial charge in [-0.1, -0.05) is 310 Å². The van der Waals surface area contributed by atoms with E-state index in [-0.39, 0.29) is 31.1 Å². The highest BCUT2D eigenvalue weighted by atomic mass is 16.6. The minimum Gasteiger partial charge on any atom is -0.462 e. The number of esters is 3. The molecule has 83 heavy (non-hydrogen) atoms. The zero-order valence-electron chi connectivity index (χ0n) is 54.7. The Hall–Kier alpha value is -3.93. The summed E-state index contributed by atoms with van der Waals surface area (Å²) in [6.07, 6.45) is 96.8. The van der Waals surface area contributed by atoms with Crippen molar-refractivity contribution in [1.82, 2.24) is 0 Å². The first-order valence-corrected chi connectivity index (χ1v) is 35.4. The van der Waals surface area contributed by atoms with Crippen LogP contribution in [0.2, 0.25) is 0 Å². The number of carbonyl (C=O) groups is 3. The van der Waals surface area contributed by atoms with Gasteiger partial charge in [0, 0.05) is 19.3 Å². The molecule has 0 heterocycles. The van der Waals surface area contributed by atoms with Crippen LogP contribution in [0.15, 0.2) is 109 Å². The van der Waals surface area contributed by atoms with E-state index in [9.17, 15) is 14.4 Å². The number of allylic oxidation sites excluding steroid dienone is 18. The van der Waals surface area contributed by atoms with E-state index in [2.05, 4.69) is 130 Å². The molecule has 0 radical (unpaired) electrons. The monoisotopic (exact) mass is 1150 g/mol. The van der Waals surface area contributed by atoms with E-state index < -0.39 is 6.10 Å². The topological polar surface area (TPSA) is 78.9 Å². The second-order valence-electron chi connectivity index (χ2n) is 23.4. The van der Waals surface area contributed by atoms with E-state index in [0.717, 1.165) is 128 Å². The molecule has 0 N–H and O–H groups in total. The lowest BCUT2D eigenvalue weighted by Gasteiger charge is -2.18. The number of hydrogen-bond acceptors (Lipinski definition) is 6. The van der Waals surface area contributed by atoms with Crippen molar-refractivity contribution in [2.24, 2.45) is 0 Å². The van der Waals surface area contributed by atoms with Crippen molar-refractivity contribution in [1.29, 1.82) is 0 Å². The summed E-state index contributed by atoms with van der Waals surface area (Å²) in [7, 11) is 0. The molecular formula is C77H132O6. The zero-order valence-corrected chi connectivity index (χ0v) is 54.7. The Kier molecular flexibility index (Phi) is 67.2. The fraction of sp³-hybridized carbons (Fsp3) is 0.727. The normalized spacial score (nSPS) is 12.8. The third kappa shape index (κ3) is 68.7. The first-order valence-electron chi connectivity index (χ1n) is 35.4. The van der Waals surface area contributed by atoms with Gasteiger partial charge in [-0.3, -0.25) is 14.4 Å². The number of hydrogen-bond donors (Lipinski definition) is 0. The van der Waals surface area contributed by atoms with Gasteiger partial charge in [-0.05, 0) is 122 Å². The van der Waals surface area contributed by atoms with Gasteiger partial charge < -0.3 is 14.2 Å². The third-order valence-electron chi connectivity index (χ3n) is 15.2. The van der Waals surface area contributed by atoms with E-state index >= 15 is 0 Å². The highest BCUT2D eigenvalue weighted by Gasteiger charge is 2.19. The Morgan fingerprint density at radius 1 is 0.253 bits per heavy atom. The molecule has 1 unspecified atom stereocenters. The van der Waals surface area contributed by atoms with E-state index in [1.165, 1.54) is 173 Å². The molecule has 6 heteroatoms. The zero-order chi connectivity index (χ0) is 59.9. The highest BCUT2D eigenvalue weighted by Crippen LogP contribution is 2.17. The highest BCUT2D eigenvalue weighted by molar-refractivity contribution is 5.71. The van der Waals surface area contributed by atoms with E-state index in [1.807, 2.05) is 0 Å². The van der Waals surface area contributed by atoms with Gasteiger partial charge in [-0.2, -0.15) is 0 Å². The average Bonchev–Trinajstić information content (AvgIpc) is 3.49. The molecule has 0 saturated heterocycles.